The van der Waals surface area contributed by atoms with Crippen LogP contribution in [-0.4, -0.2) is 41.0 Å². The van der Waals surface area contributed by atoms with Gasteiger partial charge in [0.1, 0.15) is 0 Å². The summed E-state index contributed by atoms with van der Waals surface area (Å²) in [7, 11) is 1.44. The molecule has 28 heavy (non-hydrogen) atoms. The topological polar surface area (TPSA) is 55.3 Å². The molecule has 5 nitrogen and oxygen atoms in total. The number of ether oxygens (including phenoxy) is 1. The van der Waals surface area contributed by atoms with Crippen LogP contribution in [0.2, 0.25) is 5.02 Å². The van der Waals surface area contributed by atoms with Crippen LogP contribution in [0.4, 0.5) is 0 Å². The summed E-state index contributed by atoms with van der Waals surface area (Å²) >= 11 is 9.88. The Labute approximate surface area is 176 Å². The van der Waals surface area contributed by atoms with Crippen molar-refractivity contribution in [1.82, 2.24) is 14.9 Å². The monoisotopic (exact) mass is 459 g/mol. The highest BCUT2D eigenvalue weighted by Gasteiger charge is 2.33. The van der Waals surface area contributed by atoms with Crippen LogP contribution in [0.5, 0.6) is 0 Å². The van der Waals surface area contributed by atoms with Crippen LogP contribution < -0.4 is 0 Å². The minimum atomic E-state index is -0.130. The van der Waals surface area contributed by atoms with E-state index in [4.69, 9.17) is 16.3 Å². The molecule has 3 heterocycles. The number of nitrogens with zero attached hydrogens (tertiary/aromatic N) is 3. The molecule has 1 aliphatic heterocycles. The third kappa shape index (κ3) is 3.90. The Kier molecular flexibility index (Phi) is 5.62. The number of likely N-dealkylation sites (tertiary alicyclic amines) is 1. The van der Waals surface area contributed by atoms with E-state index >= 15 is 0 Å². The summed E-state index contributed by atoms with van der Waals surface area (Å²) in [6.07, 6.45) is 4.32. The molecule has 0 unspecified atom stereocenters. The van der Waals surface area contributed by atoms with Crippen molar-refractivity contribution in [3.05, 3.63) is 69.0 Å². The molecule has 1 aliphatic rings. The van der Waals surface area contributed by atoms with Crippen LogP contribution >= 0.6 is 27.5 Å². The number of hydrogen-bond donors (Lipinski definition) is 0. The number of fused-ring (bicyclic) bond motifs is 1. The number of benzene rings is 1. The molecule has 0 amide bonds. The lowest BCUT2D eigenvalue weighted by molar-refractivity contribution is -0.151. The predicted molar refractivity (Wildman–Crippen MR) is 112 cm³/mol. The van der Waals surface area contributed by atoms with Gasteiger partial charge in [-0.05, 0) is 45.3 Å². The van der Waals surface area contributed by atoms with Crippen LogP contribution in [0.1, 0.15) is 16.8 Å². The van der Waals surface area contributed by atoms with Gasteiger partial charge in [0.25, 0.3) is 0 Å². The zero-order valence-corrected chi connectivity index (χ0v) is 17.7. The van der Waals surface area contributed by atoms with E-state index < -0.39 is 0 Å². The number of carbonyl (C=O) groups excluding carboxylic acids is 1. The molecule has 0 atom stereocenters. The maximum atomic E-state index is 11.5. The Morgan fingerprint density at radius 2 is 2.14 bits per heavy atom. The van der Waals surface area contributed by atoms with Crippen molar-refractivity contribution >= 4 is 44.4 Å². The Morgan fingerprint density at radius 1 is 1.32 bits per heavy atom. The number of hydrogen-bond acceptors (Lipinski definition) is 5. The largest absolute Gasteiger partial charge is 0.469 e. The molecule has 2 aromatic heterocycles. The van der Waals surface area contributed by atoms with E-state index in [2.05, 4.69) is 36.9 Å². The van der Waals surface area contributed by atoms with Crippen molar-refractivity contribution in [3.63, 3.8) is 0 Å². The average Bonchev–Trinajstić information content (AvgIpc) is 2.67. The molecule has 0 N–H and O–H groups in total. The van der Waals surface area contributed by atoms with Gasteiger partial charge >= 0.3 is 5.97 Å². The number of methoxy groups -OCH3 is 1. The van der Waals surface area contributed by atoms with Gasteiger partial charge in [-0.2, -0.15) is 0 Å². The first-order chi connectivity index (χ1) is 13.5. The fraction of sp³-hybridized carbons (Fsp3) is 0.286. The maximum Gasteiger partial charge on any atom is 0.311 e. The standard InChI is InChI=1S/C21H19BrClN3O2/c1-28-21(27)16-11-26(12-16)10-13-7-15-5-6-24-18(20(15)25-9-13)8-14-3-2-4-17(22)19(14)23/h2-7,9,16H,8,10-12H2,1H3. The van der Waals surface area contributed by atoms with Crippen molar-refractivity contribution in [1.29, 1.82) is 0 Å². The molecule has 1 saturated heterocycles. The Balaban J connectivity index is 1.52. The quantitative estimate of drug-likeness (QED) is 0.533. The van der Waals surface area contributed by atoms with Gasteiger partial charge in [-0.3, -0.25) is 19.7 Å². The molecule has 0 spiro atoms. The van der Waals surface area contributed by atoms with E-state index in [0.29, 0.717) is 11.4 Å². The average molecular weight is 461 g/mol. The molecule has 1 aromatic carbocycles. The Morgan fingerprint density at radius 3 is 2.93 bits per heavy atom. The van der Waals surface area contributed by atoms with E-state index in [9.17, 15) is 4.79 Å². The lowest BCUT2D eigenvalue weighted by Gasteiger charge is -2.37. The van der Waals surface area contributed by atoms with Gasteiger partial charge in [0.2, 0.25) is 0 Å². The van der Waals surface area contributed by atoms with Gasteiger partial charge in [0.05, 0.1) is 29.3 Å². The second kappa shape index (κ2) is 8.15. The molecule has 0 aliphatic carbocycles. The van der Waals surface area contributed by atoms with Crippen molar-refractivity contribution in [2.24, 2.45) is 5.92 Å². The molecule has 0 bridgehead atoms. The van der Waals surface area contributed by atoms with E-state index in [1.807, 2.05) is 36.7 Å². The van der Waals surface area contributed by atoms with Gasteiger partial charge in [0, 0.05) is 48.3 Å². The normalized spacial score (nSPS) is 14.8. The number of carbonyl (C=O) groups is 1. The van der Waals surface area contributed by atoms with Gasteiger partial charge in [-0.15, -0.1) is 0 Å². The lowest BCUT2D eigenvalue weighted by Crippen LogP contribution is -2.49. The molecule has 0 radical (unpaired) electrons. The van der Waals surface area contributed by atoms with E-state index in [-0.39, 0.29) is 11.9 Å². The first kappa shape index (κ1) is 19.3. The second-order valence-corrected chi connectivity index (χ2v) is 8.21. The van der Waals surface area contributed by atoms with Crippen LogP contribution in [0.15, 0.2) is 47.2 Å². The van der Waals surface area contributed by atoms with Crippen molar-refractivity contribution in [2.75, 3.05) is 20.2 Å². The minimum Gasteiger partial charge on any atom is -0.469 e. The zero-order chi connectivity index (χ0) is 19.7. The predicted octanol–water partition coefficient (Wildman–Crippen LogP) is 4.24. The molecular weight excluding hydrogens is 442 g/mol. The third-order valence-corrected chi connectivity index (χ3v) is 6.35. The summed E-state index contributed by atoms with van der Waals surface area (Å²) in [4.78, 5) is 22.9. The SMILES string of the molecule is COC(=O)C1CN(Cc2cnc3c(Cc4cccc(Br)c4Cl)nccc3c2)C1. The van der Waals surface area contributed by atoms with E-state index in [1.165, 1.54) is 7.11 Å². The third-order valence-electron chi connectivity index (χ3n) is 5.02. The van der Waals surface area contributed by atoms with Crippen LogP contribution in [0, 0.1) is 5.92 Å². The highest BCUT2D eigenvalue weighted by atomic mass is 79.9. The smallest absolute Gasteiger partial charge is 0.311 e. The maximum absolute atomic E-state index is 11.5. The summed E-state index contributed by atoms with van der Waals surface area (Å²) in [5.74, 6) is -0.140. The lowest BCUT2D eigenvalue weighted by atomic mass is 9.99. The van der Waals surface area contributed by atoms with Crippen LogP contribution in [0.3, 0.4) is 0 Å². The van der Waals surface area contributed by atoms with E-state index in [0.717, 1.165) is 51.8 Å². The first-order valence-corrected chi connectivity index (χ1v) is 10.2. The first-order valence-electron chi connectivity index (χ1n) is 9.00. The summed E-state index contributed by atoms with van der Waals surface area (Å²) in [6, 6.07) is 10.0. The molecule has 1 fully saturated rings. The summed E-state index contributed by atoms with van der Waals surface area (Å²) in [5.41, 5.74) is 3.92. The fourth-order valence-electron chi connectivity index (χ4n) is 3.52. The molecule has 0 saturated carbocycles. The highest BCUT2D eigenvalue weighted by molar-refractivity contribution is 9.10. The van der Waals surface area contributed by atoms with Crippen molar-refractivity contribution in [3.8, 4) is 0 Å². The van der Waals surface area contributed by atoms with Crippen LogP contribution in [0.25, 0.3) is 10.9 Å². The van der Waals surface area contributed by atoms with Crippen LogP contribution in [-0.2, 0) is 22.5 Å². The number of aromatic nitrogens is 2. The van der Waals surface area contributed by atoms with Gasteiger partial charge in [-0.1, -0.05) is 23.7 Å². The summed E-state index contributed by atoms with van der Waals surface area (Å²) in [6.45, 7) is 2.23. The number of esters is 1. The van der Waals surface area contributed by atoms with Gasteiger partial charge in [-0.25, -0.2) is 0 Å². The zero-order valence-electron chi connectivity index (χ0n) is 15.4. The van der Waals surface area contributed by atoms with Crippen molar-refractivity contribution in [2.45, 2.75) is 13.0 Å². The molecule has 144 valence electrons. The molecule has 4 rings (SSSR count). The fourth-order valence-corrected chi connectivity index (χ4v) is 4.12. The Hall–Kier alpha value is -2.02. The second-order valence-electron chi connectivity index (χ2n) is 6.98. The minimum absolute atomic E-state index is 0.0100. The number of pyridine rings is 2. The number of halogens is 2. The van der Waals surface area contributed by atoms with Crippen molar-refractivity contribution < 1.29 is 9.53 Å². The summed E-state index contributed by atoms with van der Waals surface area (Å²) < 4.78 is 5.67. The molecular formula is C21H19BrClN3O2. The van der Waals surface area contributed by atoms with Gasteiger partial charge in [0.15, 0.2) is 0 Å². The molecule has 3 aromatic rings. The number of rotatable bonds is 5. The van der Waals surface area contributed by atoms with Gasteiger partial charge < -0.3 is 4.74 Å². The molecule has 7 heteroatoms. The van der Waals surface area contributed by atoms with E-state index in [1.54, 1.807) is 0 Å². The summed E-state index contributed by atoms with van der Waals surface area (Å²) in [5, 5.41) is 1.76. The Bertz CT molecular complexity index is 1040. The highest BCUT2D eigenvalue weighted by Crippen LogP contribution is 2.29.